The zero-order valence-electron chi connectivity index (χ0n) is 14.6. The lowest BCUT2D eigenvalue weighted by Gasteiger charge is -2.29. The zero-order valence-corrected chi connectivity index (χ0v) is 15.4. The van der Waals surface area contributed by atoms with E-state index < -0.39 is 10.0 Å². The number of aryl methyl sites for hydroxylation is 1. The van der Waals surface area contributed by atoms with Gasteiger partial charge in [0.2, 0.25) is 15.9 Å². The first-order valence-electron chi connectivity index (χ1n) is 7.91. The largest absolute Gasteiger partial charge is 0.363 e. The van der Waals surface area contributed by atoms with Crippen molar-refractivity contribution in [3.63, 3.8) is 0 Å². The van der Waals surface area contributed by atoms with Crippen LogP contribution in [0.4, 0.5) is 5.82 Å². The fourth-order valence-electron chi connectivity index (χ4n) is 2.68. The van der Waals surface area contributed by atoms with E-state index in [1.165, 1.54) is 10.6 Å². The molecule has 24 heavy (non-hydrogen) atoms. The van der Waals surface area contributed by atoms with E-state index in [-0.39, 0.29) is 18.4 Å². The normalized spacial score (nSPS) is 16.8. The lowest BCUT2D eigenvalue weighted by molar-refractivity contribution is -0.126. The fourth-order valence-corrected chi connectivity index (χ4v) is 3.55. The van der Waals surface area contributed by atoms with Crippen LogP contribution in [0, 0.1) is 12.8 Å². The predicted molar refractivity (Wildman–Crippen MR) is 92.1 cm³/mol. The molecule has 1 aromatic heterocycles. The summed E-state index contributed by atoms with van der Waals surface area (Å²) in [5.41, 5.74) is 0.847. The SMILES string of the molecule is Cc1cc(N(C)C)nc(CNC(=O)C2CCN(S(C)(=O)=O)CC2)n1. The molecule has 9 heteroatoms. The summed E-state index contributed by atoms with van der Waals surface area (Å²) in [6.07, 6.45) is 2.28. The van der Waals surface area contributed by atoms with Crippen LogP contribution in [0.2, 0.25) is 0 Å². The van der Waals surface area contributed by atoms with Crippen molar-refractivity contribution in [3.05, 3.63) is 17.6 Å². The predicted octanol–water partition coefficient (Wildman–Crippen LogP) is 0.139. The highest BCUT2D eigenvalue weighted by Gasteiger charge is 2.28. The number of sulfonamides is 1. The number of anilines is 1. The van der Waals surface area contributed by atoms with E-state index in [4.69, 9.17) is 0 Å². The summed E-state index contributed by atoms with van der Waals surface area (Å²) in [7, 11) is 0.634. The van der Waals surface area contributed by atoms with Crippen LogP contribution in [0.1, 0.15) is 24.4 Å². The minimum atomic E-state index is -3.17. The average Bonchev–Trinajstić information content (AvgIpc) is 2.51. The van der Waals surface area contributed by atoms with Gasteiger partial charge in [-0.1, -0.05) is 0 Å². The standard InChI is InChI=1S/C15H25N5O3S/c1-11-9-14(19(2)3)18-13(17-11)10-16-15(21)12-5-7-20(8-6-12)24(4,22)23/h9,12H,5-8,10H2,1-4H3,(H,16,21). The summed E-state index contributed by atoms with van der Waals surface area (Å²) in [5.74, 6) is 1.13. The van der Waals surface area contributed by atoms with Crippen LogP contribution < -0.4 is 10.2 Å². The minimum Gasteiger partial charge on any atom is -0.363 e. The van der Waals surface area contributed by atoms with Crippen molar-refractivity contribution < 1.29 is 13.2 Å². The number of nitrogens with one attached hydrogen (secondary N) is 1. The van der Waals surface area contributed by atoms with Gasteiger partial charge in [-0.2, -0.15) is 0 Å². The first kappa shape index (κ1) is 18.6. The van der Waals surface area contributed by atoms with E-state index in [2.05, 4.69) is 15.3 Å². The second kappa shape index (κ2) is 7.43. The van der Waals surface area contributed by atoms with Gasteiger partial charge in [-0.05, 0) is 19.8 Å². The number of piperidine rings is 1. The highest BCUT2D eigenvalue weighted by molar-refractivity contribution is 7.88. The average molecular weight is 355 g/mol. The number of rotatable bonds is 5. The molecule has 1 aliphatic heterocycles. The Labute approximate surface area is 143 Å². The molecule has 0 radical (unpaired) electrons. The Bertz CT molecular complexity index is 697. The molecule has 0 saturated carbocycles. The van der Waals surface area contributed by atoms with Crippen molar-refractivity contribution in [1.29, 1.82) is 0 Å². The van der Waals surface area contributed by atoms with Crippen molar-refractivity contribution in [2.24, 2.45) is 5.92 Å². The van der Waals surface area contributed by atoms with E-state index in [0.717, 1.165) is 11.5 Å². The third-order valence-corrected chi connectivity index (χ3v) is 5.36. The molecule has 1 aromatic rings. The summed E-state index contributed by atoms with van der Waals surface area (Å²) in [6.45, 7) is 2.94. The second-order valence-electron chi connectivity index (χ2n) is 6.33. The van der Waals surface area contributed by atoms with Crippen LogP contribution in [0.15, 0.2) is 6.07 Å². The smallest absolute Gasteiger partial charge is 0.223 e. The number of nitrogens with zero attached hydrogens (tertiary/aromatic N) is 4. The maximum absolute atomic E-state index is 12.3. The van der Waals surface area contributed by atoms with Gasteiger partial charge in [0.25, 0.3) is 0 Å². The Morgan fingerprint density at radius 3 is 2.50 bits per heavy atom. The number of amides is 1. The van der Waals surface area contributed by atoms with Crippen molar-refractivity contribution in [3.8, 4) is 0 Å². The number of hydrogen-bond donors (Lipinski definition) is 1. The van der Waals surface area contributed by atoms with Crippen LogP contribution in [-0.4, -0.2) is 62.0 Å². The summed E-state index contributed by atoms with van der Waals surface area (Å²) < 4.78 is 24.4. The number of carbonyl (C=O) groups excluding carboxylic acids is 1. The van der Waals surface area contributed by atoms with Crippen molar-refractivity contribution in [2.45, 2.75) is 26.3 Å². The summed E-state index contributed by atoms with van der Waals surface area (Å²) in [4.78, 5) is 22.9. The van der Waals surface area contributed by atoms with Crippen molar-refractivity contribution in [1.82, 2.24) is 19.6 Å². The molecule has 0 unspecified atom stereocenters. The Hall–Kier alpha value is -1.74. The minimum absolute atomic E-state index is 0.0698. The molecule has 2 rings (SSSR count). The zero-order chi connectivity index (χ0) is 17.9. The van der Waals surface area contributed by atoms with Crippen LogP contribution in [0.5, 0.6) is 0 Å². The Morgan fingerprint density at radius 2 is 1.96 bits per heavy atom. The lowest BCUT2D eigenvalue weighted by Crippen LogP contribution is -2.42. The molecule has 0 atom stereocenters. The fraction of sp³-hybridized carbons (Fsp3) is 0.667. The van der Waals surface area contributed by atoms with Crippen molar-refractivity contribution in [2.75, 3.05) is 38.3 Å². The molecule has 0 aliphatic carbocycles. The van der Waals surface area contributed by atoms with Crippen LogP contribution >= 0.6 is 0 Å². The number of aromatic nitrogens is 2. The summed E-state index contributed by atoms with van der Waals surface area (Å²) in [5, 5.41) is 2.87. The number of hydrogen-bond acceptors (Lipinski definition) is 6. The van der Waals surface area contributed by atoms with Crippen LogP contribution in [0.3, 0.4) is 0 Å². The highest BCUT2D eigenvalue weighted by Crippen LogP contribution is 2.19. The van der Waals surface area contributed by atoms with Gasteiger partial charge in [-0.3, -0.25) is 4.79 Å². The molecule has 1 saturated heterocycles. The lowest BCUT2D eigenvalue weighted by atomic mass is 9.97. The molecule has 1 N–H and O–H groups in total. The van der Waals surface area contributed by atoms with E-state index in [9.17, 15) is 13.2 Å². The quantitative estimate of drug-likeness (QED) is 0.807. The molecule has 1 amide bonds. The van der Waals surface area contributed by atoms with Gasteiger partial charge in [0, 0.05) is 44.9 Å². The third-order valence-electron chi connectivity index (χ3n) is 4.06. The third kappa shape index (κ3) is 4.88. The summed E-state index contributed by atoms with van der Waals surface area (Å²) >= 11 is 0. The first-order valence-corrected chi connectivity index (χ1v) is 9.76. The molecular weight excluding hydrogens is 330 g/mol. The monoisotopic (exact) mass is 355 g/mol. The van der Waals surface area contributed by atoms with Crippen LogP contribution in [0.25, 0.3) is 0 Å². The Morgan fingerprint density at radius 1 is 1.33 bits per heavy atom. The maximum atomic E-state index is 12.3. The Balaban J connectivity index is 1.90. The molecule has 8 nitrogen and oxygen atoms in total. The molecule has 0 spiro atoms. The molecule has 0 aromatic carbocycles. The van der Waals surface area contributed by atoms with E-state index in [0.29, 0.717) is 31.8 Å². The topological polar surface area (TPSA) is 95.5 Å². The highest BCUT2D eigenvalue weighted by atomic mass is 32.2. The van der Waals surface area contributed by atoms with Gasteiger partial charge in [-0.25, -0.2) is 22.7 Å². The molecule has 0 bridgehead atoms. The second-order valence-corrected chi connectivity index (χ2v) is 8.31. The van der Waals surface area contributed by atoms with Gasteiger partial charge in [0.15, 0.2) is 0 Å². The van der Waals surface area contributed by atoms with Gasteiger partial charge < -0.3 is 10.2 Å². The van der Waals surface area contributed by atoms with E-state index >= 15 is 0 Å². The van der Waals surface area contributed by atoms with Gasteiger partial charge in [0.1, 0.15) is 11.6 Å². The van der Waals surface area contributed by atoms with Gasteiger partial charge in [0.05, 0.1) is 12.8 Å². The van der Waals surface area contributed by atoms with E-state index in [1.54, 1.807) is 0 Å². The molecule has 1 aliphatic rings. The molecular formula is C15H25N5O3S. The first-order chi connectivity index (χ1) is 11.2. The van der Waals surface area contributed by atoms with Crippen molar-refractivity contribution >= 4 is 21.7 Å². The van der Waals surface area contributed by atoms with Gasteiger partial charge >= 0.3 is 0 Å². The van der Waals surface area contributed by atoms with Gasteiger partial charge in [-0.15, -0.1) is 0 Å². The maximum Gasteiger partial charge on any atom is 0.223 e. The molecule has 1 fully saturated rings. The summed E-state index contributed by atoms with van der Waals surface area (Å²) in [6, 6.07) is 1.88. The van der Waals surface area contributed by atoms with Crippen LogP contribution in [-0.2, 0) is 21.4 Å². The van der Waals surface area contributed by atoms with E-state index in [1.807, 2.05) is 32.0 Å². The Kier molecular flexibility index (Phi) is 5.76. The number of carbonyl (C=O) groups is 1. The molecule has 134 valence electrons. The molecule has 2 heterocycles.